The van der Waals surface area contributed by atoms with Crippen molar-refractivity contribution in [3.05, 3.63) is 82.3 Å². The van der Waals surface area contributed by atoms with Crippen molar-refractivity contribution in [1.29, 1.82) is 0 Å². The zero-order valence-electron chi connectivity index (χ0n) is 11.4. The summed E-state index contributed by atoms with van der Waals surface area (Å²) in [6.45, 7) is 3.91. The Bertz CT molecular complexity index is 782. The molecule has 0 saturated carbocycles. The number of benzene rings is 2. The summed E-state index contributed by atoms with van der Waals surface area (Å²) in [5.74, 6) is 0. The van der Waals surface area contributed by atoms with Crippen LogP contribution in [0.3, 0.4) is 0 Å². The van der Waals surface area contributed by atoms with E-state index >= 15 is 0 Å². The molecule has 1 aromatic heterocycles. The molecule has 0 atom stereocenters. The van der Waals surface area contributed by atoms with Crippen molar-refractivity contribution in [3.63, 3.8) is 0 Å². The first-order valence-electron chi connectivity index (χ1n) is 6.78. The molecule has 0 aliphatic rings. The van der Waals surface area contributed by atoms with Gasteiger partial charge in [0.15, 0.2) is 0 Å². The Balaban J connectivity index is 2.13. The van der Waals surface area contributed by atoms with Gasteiger partial charge in [-0.25, -0.2) is 4.98 Å². The van der Waals surface area contributed by atoms with Gasteiger partial charge >= 0.3 is 0 Å². The molecule has 0 fully saturated rings. The van der Waals surface area contributed by atoms with Crippen LogP contribution in [0.4, 0.5) is 0 Å². The molecule has 105 valence electrons. The van der Waals surface area contributed by atoms with Crippen LogP contribution in [0.25, 0.3) is 10.9 Å². The lowest BCUT2D eigenvalue weighted by Crippen LogP contribution is -1.95. The van der Waals surface area contributed by atoms with Crippen LogP contribution in [0.5, 0.6) is 0 Å². The lowest BCUT2D eigenvalue weighted by atomic mass is 10.0. The van der Waals surface area contributed by atoms with E-state index in [2.05, 4.69) is 24.0 Å². The molecule has 0 saturated heterocycles. The molecule has 0 amide bonds. The molecule has 0 bridgehead atoms. The summed E-state index contributed by atoms with van der Waals surface area (Å²) >= 11 is 12.9. The molecule has 1 heterocycles. The summed E-state index contributed by atoms with van der Waals surface area (Å²) in [5.41, 5.74) is 3.99. The van der Waals surface area contributed by atoms with Crippen LogP contribution >= 0.6 is 23.2 Å². The monoisotopic (exact) mass is 314 g/mol. The van der Waals surface area contributed by atoms with Gasteiger partial charge in [-0.15, -0.1) is 0 Å². The fourth-order valence-corrected chi connectivity index (χ4v) is 3.00. The summed E-state index contributed by atoms with van der Waals surface area (Å²) in [6, 6.07) is 16.1. The minimum atomic E-state index is 0.471. The SMILES string of the molecule is [CH2]Cc1ccc2nc(Cl)c(Cc3ccccc3)c(Cl)c2c1. The van der Waals surface area contributed by atoms with E-state index < -0.39 is 0 Å². The highest BCUT2D eigenvalue weighted by Crippen LogP contribution is 2.33. The lowest BCUT2D eigenvalue weighted by molar-refractivity contribution is 1.16. The van der Waals surface area contributed by atoms with Gasteiger partial charge in [-0.1, -0.05) is 59.6 Å². The van der Waals surface area contributed by atoms with Crippen molar-refractivity contribution in [3.8, 4) is 0 Å². The van der Waals surface area contributed by atoms with Gasteiger partial charge < -0.3 is 0 Å². The van der Waals surface area contributed by atoms with Gasteiger partial charge in [0.1, 0.15) is 5.15 Å². The van der Waals surface area contributed by atoms with E-state index in [0.717, 1.165) is 34.0 Å². The van der Waals surface area contributed by atoms with Crippen LogP contribution in [0.15, 0.2) is 48.5 Å². The van der Waals surface area contributed by atoms with Crippen molar-refractivity contribution in [1.82, 2.24) is 4.98 Å². The van der Waals surface area contributed by atoms with Gasteiger partial charge in [-0.3, -0.25) is 0 Å². The highest BCUT2D eigenvalue weighted by molar-refractivity contribution is 6.39. The summed E-state index contributed by atoms with van der Waals surface area (Å²) in [6.07, 6.45) is 1.40. The first-order valence-corrected chi connectivity index (χ1v) is 7.54. The molecule has 0 unspecified atom stereocenters. The quantitative estimate of drug-likeness (QED) is 0.581. The fraction of sp³-hybridized carbons (Fsp3) is 0.111. The fourth-order valence-electron chi connectivity index (χ4n) is 2.39. The van der Waals surface area contributed by atoms with Crippen LogP contribution in [-0.2, 0) is 12.8 Å². The number of aromatic nitrogens is 1. The topological polar surface area (TPSA) is 12.9 Å². The van der Waals surface area contributed by atoms with Crippen molar-refractivity contribution < 1.29 is 0 Å². The maximum atomic E-state index is 6.58. The second-order valence-electron chi connectivity index (χ2n) is 4.96. The summed E-state index contributed by atoms with van der Waals surface area (Å²) in [5, 5.41) is 2.09. The van der Waals surface area contributed by atoms with E-state index in [0.29, 0.717) is 16.6 Å². The number of fused-ring (bicyclic) bond motifs is 1. The van der Waals surface area contributed by atoms with Gasteiger partial charge in [0.25, 0.3) is 0 Å². The van der Waals surface area contributed by atoms with Crippen LogP contribution in [0.2, 0.25) is 10.2 Å². The normalized spacial score (nSPS) is 11.0. The maximum absolute atomic E-state index is 6.58. The Morgan fingerprint density at radius 2 is 1.71 bits per heavy atom. The van der Waals surface area contributed by atoms with E-state index in [-0.39, 0.29) is 0 Å². The first kappa shape index (κ1) is 14.4. The summed E-state index contributed by atoms with van der Waals surface area (Å²) < 4.78 is 0. The number of nitrogens with zero attached hydrogens (tertiary/aromatic N) is 1. The lowest BCUT2D eigenvalue weighted by Gasteiger charge is -2.11. The third kappa shape index (κ3) is 2.90. The minimum Gasteiger partial charge on any atom is -0.236 e. The van der Waals surface area contributed by atoms with Gasteiger partial charge in [-0.2, -0.15) is 0 Å². The van der Waals surface area contributed by atoms with Crippen molar-refractivity contribution in [2.24, 2.45) is 0 Å². The zero-order chi connectivity index (χ0) is 14.8. The second kappa shape index (κ2) is 6.05. The van der Waals surface area contributed by atoms with E-state index in [9.17, 15) is 0 Å². The largest absolute Gasteiger partial charge is 0.236 e. The Labute approximate surface area is 134 Å². The van der Waals surface area contributed by atoms with E-state index in [1.54, 1.807) is 0 Å². The van der Waals surface area contributed by atoms with Gasteiger partial charge in [0.05, 0.1) is 10.5 Å². The molecule has 0 spiro atoms. The van der Waals surface area contributed by atoms with Crippen molar-refractivity contribution in [2.45, 2.75) is 12.8 Å². The molecule has 1 nitrogen and oxygen atoms in total. The maximum Gasteiger partial charge on any atom is 0.134 e. The molecule has 3 heteroatoms. The molecule has 2 aromatic carbocycles. The Kier molecular flexibility index (Phi) is 4.14. The number of rotatable bonds is 3. The highest BCUT2D eigenvalue weighted by atomic mass is 35.5. The smallest absolute Gasteiger partial charge is 0.134 e. The van der Waals surface area contributed by atoms with E-state index in [4.69, 9.17) is 23.2 Å². The van der Waals surface area contributed by atoms with Gasteiger partial charge in [-0.05, 0) is 36.6 Å². The number of pyridine rings is 1. The molecule has 3 aromatic rings. The Morgan fingerprint density at radius 1 is 0.952 bits per heavy atom. The Hall–Kier alpha value is -1.57. The molecular weight excluding hydrogens is 301 g/mol. The third-order valence-electron chi connectivity index (χ3n) is 3.54. The second-order valence-corrected chi connectivity index (χ2v) is 5.70. The predicted octanol–water partition coefficient (Wildman–Crippen LogP) is 5.51. The van der Waals surface area contributed by atoms with E-state index in [1.165, 1.54) is 0 Å². The molecule has 3 rings (SSSR count). The molecule has 0 aliphatic carbocycles. The Morgan fingerprint density at radius 3 is 2.43 bits per heavy atom. The van der Waals surface area contributed by atoms with Gasteiger partial charge in [0.2, 0.25) is 0 Å². The van der Waals surface area contributed by atoms with Crippen molar-refractivity contribution in [2.75, 3.05) is 0 Å². The van der Waals surface area contributed by atoms with Crippen LogP contribution < -0.4 is 0 Å². The summed E-state index contributed by atoms with van der Waals surface area (Å²) in [4.78, 5) is 4.47. The minimum absolute atomic E-state index is 0.471. The third-order valence-corrected chi connectivity index (χ3v) is 4.29. The van der Waals surface area contributed by atoms with Crippen LogP contribution in [0, 0.1) is 6.92 Å². The van der Waals surface area contributed by atoms with Crippen LogP contribution in [-0.4, -0.2) is 4.98 Å². The molecule has 0 N–H and O–H groups in total. The number of hydrogen-bond acceptors (Lipinski definition) is 1. The zero-order valence-corrected chi connectivity index (χ0v) is 13.0. The molecular formula is C18H14Cl2N. The molecule has 21 heavy (non-hydrogen) atoms. The average molecular weight is 315 g/mol. The highest BCUT2D eigenvalue weighted by Gasteiger charge is 2.13. The molecule has 0 aliphatic heterocycles. The number of hydrogen-bond donors (Lipinski definition) is 0. The van der Waals surface area contributed by atoms with Crippen LogP contribution in [0.1, 0.15) is 16.7 Å². The van der Waals surface area contributed by atoms with E-state index in [1.807, 2.05) is 36.4 Å². The van der Waals surface area contributed by atoms with Gasteiger partial charge in [0, 0.05) is 17.4 Å². The first-order chi connectivity index (χ1) is 10.2. The standard InChI is InChI=1S/C18H14Cl2N/c1-2-12-8-9-16-14(10-12)17(19)15(18(20)21-16)11-13-6-4-3-5-7-13/h3-10H,1-2,11H2. The summed E-state index contributed by atoms with van der Waals surface area (Å²) in [7, 11) is 0. The average Bonchev–Trinajstić information content (AvgIpc) is 2.52. The predicted molar refractivity (Wildman–Crippen MR) is 90.1 cm³/mol. The molecule has 1 radical (unpaired) electrons. The number of halogens is 2. The van der Waals surface area contributed by atoms with Crippen molar-refractivity contribution >= 4 is 34.1 Å².